The zero-order valence-electron chi connectivity index (χ0n) is 10.5. The predicted molar refractivity (Wildman–Crippen MR) is 74.3 cm³/mol. The topological polar surface area (TPSA) is 79.8 Å². The van der Waals surface area contributed by atoms with E-state index >= 15 is 0 Å². The van der Waals surface area contributed by atoms with Crippen molar-refractivity contribution in [1.82, 2.24) is 4.98 Å². The van der Waals surface area contributed by atoms with Crippen LogP contribution < -0.4 is 5.73 Å². The lowest BCUT2D eigenvalue weighted by Crippen LogP contribution is -2.15. The van der Waals surface area contributed by atoms with Crippen molar-refractivity contribution in [1.29, 1.82) is 5.41 Å². The maximum absolute atomic E-state index is 12.1. The number of nitrogens with zero attached hydrogens (tertiary/aromatic N) is 1. The molecule has 4 heteroatoms. The van der Waals surface area contributed by atoms with Crippen LogP contribution in [0.25, 0.3) is 0 Å². The van der Waals surface area contributed by atoms with Crippen molar-refractivity contribution in [2.45, 2.75) is 12.8 Å². The molecule has 0 unspecified atom stereocenters. The van der Waals surface area contributed by atoms with E-state index in [1.807, 2.05) is 18.2 Å². The van der Waals surface area contributed by atoms with Crippen LogP contribution in [0, 0.1) is 5.41 Å². The summed E-state index contributed by atoms with van der Waals surface area (Å²) in [6, 6.07) is 11.0. The van der Waals surface area contributed by atoms with Crippen molar-refractivity contribution < 1.29 is 4.79 Å². The first-order chi connectivity index (χ1) is 9.16. The van der Waals surface area contributed by atoms with Gasteiger partial charge in [-0.15, -0.1) is 0 Å². The van der Waals surface area contributed by atoms with Gasteiger partial charge in [-0.25, -0.2) is 0 Å². The molecule has 1 aromatic heterocycles. The predicted octanol–water partition coefficient (Wildman–Crippen LogP) is 1.99. The van der Waals surface area contributed by atoms with E-state index in [1.165, 1.54) is 0 Å². The molecule has 0 saturated carbocycles. The second-order valence-electron chi connectivity index (χ2n) is 4.31. The van der Waals surface area contributed by atoms with Crippen molar-refractivity contribution in [2.75, 3.05) is 0 Å². The number of hydrogen-bond donors (Lipinski definition) is 2. The third-order valence-corrected chi connectivity index (χ3v) is 2.83. The Labute approximate surface area is 111 Å². The van der Waals surface area contributed by atoms with Gasteiger partial charge in [-0.3, -0.25) is 15.2 Å². The van der Waals surface area contributed by atoms with Crippen LogP contribution in [0.1, 0.15) is 21.5 Å². The molecule has 2 aromatic rings. The SMILES string of the molecule is N=C(N)Cc1cnccc1CC(=O)c1ccccc1. The molecule has 0 atom stereocenters. The summed E-state index contributed by atoms with van der Waals surface area (Å²) in [5.74, 6) is 0.123. The van der Waals surface area contributed by atoms with Gasteiger partial charge in [-0.2, -0.15) is 0 Å². The lowest BCUT2D eigenvalue weighted by atomic mass is 9.99. The molecule has 0 amide bonds. The number of nitrogens with two attached hydrogens (primary N) is 1. The van der Waals surface area contributed by atoms with E-state index in [0.717, 1.165) is 11.1 Å². The molecular weight excluding hydrogens is 238 g/mol. The number of rotatable bonds is 5. The van der Waals surface area contributed by atoms with Crippen LogP contribution in [0.3, 0.4) is 0 Å². The van der Waals surface area contributed by atoms with Crippen molar-refractivity contribution in [3.8, 4) is 0 Å². The number of nitrogens with one attached hydrogen (secondary N) is 1. The van der Waals surface area contributed by atoms with Crippen LogP contribution in [0.2, 0.25) is 0 Å². The van der Waals surface area contributed by atoms with Crippen LogP contribution in [0.5, 0.6) is 0 Å². The van der Waals surface area contributed by atoms with E-state index in [-0.39, 0.29) is 11.6 Å². The molecule has 3 N–H and O–H groups in total. The third-order valence-electron chi connectivity index (χ3n) is 2.83. The first kappa shape index (κ1) is 13.0. The van der Waals surface area contributed by atoms with Gasteiger partial charge in [-0.05, 0) is 17.2 Å². The molecule has 1 aromatic carbocycles. The zero-order valence-corrected chi connectivity index (χ0v) is 10.5. The zero-order chi connectivity index (χ0) is 13.7. The Morgan fingerprint density at radius 1 is 1.11 bits per heavy atom. The van der Waals surface area contributed by atoms with Gasteiger partial charge in [0.2, 0.25) is 0 Å². The number of hydrogen-bond acceptors (Lipinski definition) is 3. The number of benzene rings is 1. The molecule has 0 spiro atoms. The number of aromatic nitrogens is 1. The van der Waals surface area contributed by atoms with Crippen molar-refractivity contribution >= 4 is 11.6 Å². The van der Waals surface area contributed by atoms with Gasteiger partial charge in [0.1, 0.15) is 0 Å². The first-order valence-corrected chi connectivity index (χ1v) is 5.99. The molecule has 0 bridgehead atoms. The van der Waals surface area contributed by atoms with E-state index in [4.69, 9.17) is 11.1 Å². The minimum atomic E-state index is 0.0524. The van der Waals surface area contributed by atoms with Crippen LogP contribution in [-0.2, 0) is 12.8 Å². The number of amidine groups is 1. The highest BCUT2D eigenvalue weighted by Crippen LogP contribution is 2.12. The molecule has 96 valence electrons. The molecule has 0 saturated heterocycles. The highest BCUT2D eigenvalue weighted by atomic mass is 16.1. The monoisotopic (exact) mass is 253 g/mol. The molecule has 0 radical (unpaired) electrons. The Balaban J connectivity index is 2.19. The lowest BCUT2D eigenvalue weighted by Gasteiger charge is -2.07. The molecule has 2 rings (SSSR count). The van der Waals surface area contributed by atoms with E-state index in [0.29, 0.717) is 18.4 Å². The summed E-state index contributed by atoms with van der Waals surface area (Å²) >= 11 is 0. The Hall–Kier alpha value is -2.49. The Morgan fingerprint density at radius 3 is 2.53 bits per heavy atom. The fourth-order valence-electron chi connectivity index (χ4n) is 1.89. The number of ketones is 1. The molecule has 0 fully saturated rings. The highest BCUT2D eigenvalue weighted by Gasteiger charge is 2.10. The van der Waals surface area contributed by atoms with Gasteiger partial charge < -0.3 is 5.73 Å². The maximum atomic E-state index is 12.1. The number of Topliss-reactive ketones (excluding diaryl/α,β-unsaturated/α-hetero) is 1. The van der Waals surface area contributed by atoms with E-state index in [1.54, 1.807) is 30.6 Å². The lowest BCUT2D eigenvalue weighted by molar-refractivity contribution is 0.0992. The highest BCUT2D eigenvalue weighted by molar-refractivity contribution is 5.97. The third kappa shape index (κ3) is 3.48. The summed E-state index contributed by atoms with van der Waals surface area (Å²) in [7, 11) is 0. The summed E-state index contributed by atoms with van der Waals surface area (Å²) in [5.41, 5.74) is 7.80. The minimum absolute atomic E-state index is 0.0524. The van der Waals surface area contributed by atoms with Crippen LogP contribution in [0.15, 0.2) is 48.8 Å². The Morgan fingerprint density at radius 2 is 1.84 bits per heavy atom. The van der Waals surface area contributed by atoms with E-state index < -0.39 is 0 Å². The fraction of sp³-hybridized carbons (Fsp3) is 0.133. The summed E-state index contributed by atoms with van der Waals surface area (Å²) in [4.78, 5) is 16.2. The second kappa shape index (κ2) is 5.91. The molecule has 4 nitrogen and oxygen atoms in total. The average Bonchev–Trinajstić information content (AvgIpc) is 2.41. The number of carbonyl (C=O) groups is 1. The Kier molecular flexibility index (Phi) is 4.03. The van der Waals surface area contributed by atoms with Crippen molar-refractivity contribution in [3.63, 3.8) is 0 Å². The standard InChI is InChI=1S/C15H15N3O/c16-15(17)9-13-10-18-7-6-12(13)8-14(19)11-4-2-1-3-5-11/h1-7,10H,8-9H2,(H3,16,17). The maximum Gasteiger partial charge on any atom is 0.167 e. The van der Waals surface area contributed by atoms with Crippen LogP contribution >= 0.6 is 0 Å². The van der Waals surface area contributed by atoms with Gasteiger partial charge in [0.25, 0.3) is 0 Å². The minimum Gasteiger partial charge on any atom is -0.387 e. The summed E-state index contributed by atoms with van der Waals surface area (Å²) in [6.07, 6.45) is 3.94. The molecule has 0 aliphatic carbocycles. The summed E-state index contributed by atoms with van der Waals surface area (Å²) in [5, 5.41) is 7.34. The van der Waals surface area contributed by atoms with Gasteiger partial charge in [0, 0.05) is 30.8 Å². The fourth-order valence-corrected chi connectivity index (χ4v) is 1.89. The summed E-state index contributed by atoms with van der Waals surface area (Å²) < 4.78 is 0. The molecule has 0 aliphatic heterocycles. The van der Waals surface area contributed by atoms with E-state index in [9.17, 15) is 4.79 Å². The number of pyridine rings is 1. The van der Waals surface area contributed by atoms with Gasteiger partial charge in [-0.1, -0.05) is 30.3 Å². The molecular formula is C15H15N3O. The quantitative estimate of drug-likeness (QED) is 0.486. The van der Waals surface area contributed by atoms with Crippen LogP contribution in [-0.4, -0.2) is 16.6 Å². The van der Waals surface area contributed by atoms with Crippen molar-refractivity contribution in [2.24, 2.45) is 5.73 Å². The average molecular weight is 253 g/mol. The largest absolute Gasteiger partial charge is 0.387 e. The van der Waals surface area contributed by atoms with E-state index in [2.05, 4.69) is 4.98 Å². The molecule has 19 heavy (non-hydrogen) atoms. The van der Waals surface area contributed by atoms with Crippen molar-refractivity contribution in [3.05, 3.63) is 65.5 Å². The van der Waals surface area contributed by atoms with Gasteiger partial charge >= 0.3 is 0 Å². The Bertz CT molecular complexity index is 593. The second-order valence-corrected chi connectivity index (χ2v) is 4.31. The number of carbonyl (C=O) groups excluding carboxylic acids is 1. The van der Waals surface area contributed by atoms with Gasteiger partial charge in [0.05, 0.1) is 5.84 Å². The van der Waals surface area contributed by atoms with Crippen LogP contribution in [0.4, 0.5) is 0 Å². The summed E-state index contributed by atoms with van der Waals surface area (Å²) in [6.45, 7) is 0. The normalized spacial score (nSPS) is 10.1. The van der Waals surface area contributed by atoms with Gasteiger partial charge in [0.15, 0.2) is 5.78 Å². The molecule has 0 aliphatic rings. The first-order valence-electron chi connectivity index (χ1n) is 5.99. The smallest absolute Gasteiger partial charge is 0.167 e. The molecule has 1 heterocycles.